The summed E-state index contributed by atoms with van der Waals surface area (Å²) in [4.78, 5) is 29.3. The van der Waals surface area contributed by atoms with E-state index in [-0.39, 0.29) is 50.5 Å². The van der Waals surface area contributed by atoms with Crippen molar-refractivity contribution in [1.29, 1.82) is 5.26 Å². The second-order valence-corrected chi connectivity index (χ2v) is 16.1. The average molecular weight is 779 g/mol. The third-order valence-corrected chi connectivity index (χ3v) is 12.4. The van der Waals surface area contributed by atoms with Crippen LogP contribution in [0.2, 0.25) is 5.02 Å². The normalized spacial score (nSPS) is 18.6. The van der Waals surface area contributed by atoms with Crippen LogP contribution >= 0.6 is 11.6 Å². The highest BCUT2D eigenvalue weighted by atomic mass is 35.5. The van der Waals surface area contributed by atoms with Crippen LogP contribution in [0.15, 0.2) is 73.2 Å². The molecule has 1 atom stereocenters. The van der Waals surface area contributed by atoms with E-state index >= 15 is 0 Å². The van der Waals surface area contributed by atoms with E-state index in [9.17, 15) is 31.6 Å². The van der Waals surface area contributed by atoms with Gasteiger partial charge in [0.25, 0.3) is 0 Å². The third kappa shape index (κ3) is 7.48. The molecule has 0 N–H and O–H groups in total. The van der Waals surface area contributed by atoms with Gasteiger partial charge in [0, 0.05) is 81.7 Å². The number of imidazole rings is 1. The van der Waals surface area contributed by atoms with Crippen molar-refractivity contribution in [2.24, 2.45) is 5.92 Å². The first-order chi connectivity index (χ1) is 25.8. The summed E-state index contributed by atoms with van der Waals surface area (Å²) >= 11 is 6.60. The molecule has 2 aliphatic heterocycles. The number of rotatable bonds is 7. The summed E-state index contributed by atoms with van der Waals surface area (Å²) in [5.41, 5.74) is 0.623. The zero-order valence-corrected chi connectivity index (χ0v) is 31.0. The molecule has 0 radical (unpaired) electrons. The molecular formula is C38H38ClF3N8O3S. The van der Waals surface area contributed by atoms with Crippen LogP contribution in [0.3, 0.4) is 0 Å². The molecule has 54 heavy (non-hydrogen) atoms. The van der Waals surface area contributed by atoms with Gasteiger partial charge in [0.15, 0.2) is 0 Å². The van der Waals surface area contributed by atoms with E-state index in [1.165, 1.54) is 0 Å². The van der Waals surface area contributed by atoms with E-state index in [4.69, 9.17) is 16.6 Å². The van der Waals surface area contributed by atoms with E-state index in [0.29, 0.717) is 53.3 Å². The second-order valence-electron chi connectivity index (χ2n) is 13.8. The molecule has 3 aliphatic rings. The number of aryl methyl sites for hydroxylation is 1. The van der Waals surface area contributed by atoms with E-state index in [0.717, 1.165) is 33.8 Å². The third-order valence-electron chi connectivity index (χ3n) is 10.5. The fraction of sp³-hybridized carbons (Fsp3) is 0.368. The van der Waals surface area contributed by atoms with Crippen molar-refractivity contribution in [3.8, 4) is 6.07 Å². The van der Waals surface area contributed by atoms with E-state index in [1.54, 1.807) is 46.5 Å². The quantitative estimate of drug-likeness (QED) is 0.209. The van der Waals surface area contributed by atoms with Crippen LogP contribution in [0, 0.1) is 24.2 Å². The van der Waals surface area contributed by atoms with Crippen molar-refractivity contribution < 1.29 is 26.4 Å². The van der Waals surface area contributed by atoms with Crippen molar-refractivity contribution in [1.82, 2.24) is 28.6 Å². The number of halogens is 4. The van der Waals surface area contributed by atoms with Crippen LogP contribution in [0.4, 0.5) is 23.7 Å². The fourth-order valence-electron chi connectivity index (χ4n) is 7.58. The number of piperazine rings is 1. The molecular weight excluding hydrogens is 741 g/mol. The first kappa shape index (κ1) is 37.6. The number of hydrogen-bond acceptors (Lipinski definition) is 7. The Hall–Kier alpha value is -4.75. The molecule has 2 amide bonds. The number of pyridine rings is 1. The summed E-state index contributed by atoms with van der Waals surface area (Å²) < 4.78 is 66.3. The number of carbonyl (C=O) groups is 1. The lowest BCUT2D eigenvalue weighted by Gasteiger charge is -2.42. The molecule has 0 spiro atoms. The largest absolute Gasteiger partial charge is 0.511 e. The molecule has 4 heterocycles. The molecule has 1 unspecified atom stereocenters. The van der Waals surface area contributed by atoms with Crippen LogP contribution in [0.1, 0.15) is 52.7 Å². The van der Waals surface area contributed by atoms with E-state index < -0.39 is 15.5 Å². The van der Waals surface area contributed by atoms with Gasteiger partial charge >= 0.3 is 21.6 Å². The predicted octanol–water partition coefficient (Wildman–Crippen LogP) is 6.56. The Morgan fingerprint density at radius 1 is 1.00 bits per heavy atom. The maximum atomic E-state index is 14.3. The maximum Gasteiger partial charge on any atom is 0.511 e. The molecule has 7 rings (SSSR count). The molecule has 16 heteroatoms. The fourth-order valence-corrected chi connectivity index (χ4v) is 8.74. The van der Waals surface area contributed by atoms with Crippen molar-refractivity contribution in [3.05, 3.63) is 112 Å². The number of sulfonamides is 1. The first-order valence-electron chi connectivity index (χ1n) is 17.6. The number of hydrogen-bond donors (Lipinski definition) is 0. The highest BCUT2D eigenvalue weighted by Gasteiger charge is 2.50. The lowest BCUT2D eigenvalue weighted by atomic mass is 9.93. The molecule has 0 bridgehead atoms. The molecule has 2 aromatic carbocycles. The summed E-state index contributed by atoms with van der Waals surface area (Å²) in [6.07, 6.45) is 8.01. The average Bonchev–Trinajstić information content (AvgIpc) is 3.52. The van der Waals surface area contributed by atoms with Gasteiger partial charge in [0.05, 0.1) is 23.4 Å². The predicted molar refractivity (Wildman–Crippen MR) is 199 cm³/mol. The maximum absolute atomic E-state index is 14.3. The number of aromatic nitrogens is 3. The molecule has 1 aliphatic carbocycles. The Morgan fingerprint density at radius 3 is 2.37 bits per heavy atom. The summed E-state index contributed by atoms with van der Waals surface area (Å²) in [5.74, 6) is 0.651. The number of fused-ring (bicyclic) bond motifs is 2. The zero-order valence-electron chi connectivity index (χ0n) is 29.5. The minimum Gasteiger partial charge on any atom is -0.331 e. The van der Waals surface area contributed by atoms with Crippen LogP contribution in [-0.2, 0) is 16.6 Å². The minimum absolute atomic E-state index is 0.164. The Morgan fingerprint density at radius 2 is 1.72 bits per heavy atom. The van der Waals surface area contributed by atoms with Crippen molar-refractivity contribution in [2.45, 2.75) is 37.9 Å². The highest BCUT2D eigenvalue weighted by Crippen LogP contribution is 2.41. The van der Waals surface area contributed by atoms with Crippen LogP contribution < -0.4 is 4.90 Å². The van der Waals surface area contributed by atoms with Gasteiger partial charge in [-0.15, -0.1) is 0 Å². The lowest BCUT2D eigenvalue weighted by molar-refractivity contribution is -0.0496. The number of nitriles is 1. The van der Waals surface area contributed by atoms with Crippen LogP contribution in [0.5, 0.6) is 0 Å². The summed E-state index contributed by atoms with van der Waals surface area (Å²) in [6.45, 7) is 4.00. The highest BCUT2D eigenvalue weighted by molar-refractivity contribution is 7.90. The van der Waals surface area contributed by atoms with Gasteiger partial charge in [0.2, 0.25) is 0 Å². The molecule has 11 nitrogen and oxygen atoms in total. The topological polar surface area (TPSA) is 119 Å². The number of allylic oxidation sites excluding steroid dienone is 1. The molecule has 2 fully saturated rings. The van der Waals surface area contributed by atoms with Crippen molar-refractivity contribution in [2.75, 3.05) is 50.7 Å². The van der Waals surface area contributed by atoms with Gasteiger partial charge in [-0.25, -0.2) is 18.2 Å². The van der Waals surface area contributed by atoms with Crippen LogP contribution in [0.25, 0.3) is 11.6 Å². The van der Waals surface area contributed by atoms with Gasteiger partial charge in [-0.3, -0.25) is 14.8 Å². The monoisotopic (exact) mass is 778 g/mol. The van der Waals surface area contributed by atoms with Gasteiger partial charge < -0.3 is 9.47 Å². The Labute approximate surface area is 316 Å². The first-order valence-corrected chi connectivity index (χ1v) is 19.5. The molecule has 2 aromatic heterocycles. The summed E-state index contributed by atoms with van der Waals surface area (Å²) in [6, 6.07) is 18.1. The standard InChI is InChI=1S/C38H38ClF3N8O3S/c1-26-44-13-16-48(26)25-30-21-29-3-2-12-45-35(29)36(33-9-6-31(39)22-34(30)33)46-17-19-47(20-18-46)37(51)50(32-7-4-27(23-43)5-8-32)24-28-10-14-49(15-11-28)54(52,53)38(40,41)42/h2-9,12-13,16,21-22,28,36H,10-11,14-15,17-20,24-25H2,1H3. The number of anilines is 1. The van der Waals surface area contributed by atoms with E-state index in [1.807, 2.05) is 31.3 Å². The van der Waals surface area contributed by atoms with Gasteiger partial charge in [-0.2, -0.15) is 22.7 Å². The number of piperidine rings is 1. The molecule has 282 valence electrons. The Kier molecular flexibility index (Phi) is 10.6. The number of urea groups is 1. The van der Waals surface area contributed by atoms with Gasteiger partial charge in [-0.05, 0) is 96.5 Å². The number of nitrogens with zero attached hydrogens (tertiary/aromatic N) is 8. The summed E-state index contributed by atoms with van der Waals surface area (Å²) in [5, 5.41) is 9.98. The second kappa shape index (κ2) is 15.2. The van der Waals surface area contributed by atoms with Gasteiger partial charge in [-0.1, -0.05) is 23.7 Å². The summed E-state index contributed by atoms with van der Waals surface area (Å²) in [7, 11) is -5.43. The minimum atomic E-state index is -5.43. The number of carbonyl (C=O) groups excluding carboxylic acids is 1. The van der Waals surface area contributed by atoms with Gasteiger partial charge in [0.1, 0.15) is 5.82 Å². The molecule has 0 saturated carbocycles. The number of benzene rings is 2. The lowest BCUT2D eigenvalue weighted by Crippen LogP contribution is -2.55. The SMILES string of the molecule is Cc1nccn1CC1=Cc2cccnc2C(N2CCN(C(=O)N(CC3CCN(S(=O)(=O)C(F)(F)F)CC3)c3ccc(C#N)cc3)CC2)c2ccc(Cl)cc21. The number of alkyl halides is 3. The Balaban J connectivity index is 1.12. The molecule has 4 aromatic rings. The Bertz CT molecular complexity index is 2210. The van der Waals surface area contributed by atoms with Crippen molar-refractivity contribution in [3.63, 3.8) is 0 Å². The molecule has 2 saturated heterocycles. The van der Waals surface area contributed by atoms with E-state index in [2.05, 4.69) is 38.7 Å². The van der Waals surface area contributed by atoms with Crippen molar-refractivity contribution >= 4 is 45.0 Å². The smallest absolute Gasteiger partial charge is 0.331 e. The number of amides is 2. The van der Waals surface area contributed by atoms with Crippen LogP contribution in [-0.4, -0.2) is 94.4 Å². The zero-order chi connectivity index (χ0) is 38.2.